The largest absolute Gasteiger partial charge is 0.598 e. The van der Waals surface area contributed by atoms with E-state index in [9.17, 15) is 5.21 Å². The van der Waals surface area contributed by atoms with Gasteiger partial charge in [0, 0.05) is 0 Å². The van der Waals surface area contributed by atoms with Crippen LogP contribution in [-0.4, -0.2) is 19.0 Å². The summed E-state index contributed by atoms with van der Waals surface area (Å²) < 4.78 is 0. The maximum atomic E-state index is 9.67. The van der Waals surface area contributed by atoms with Crippen molar-refractivity contribution in [2.24, 2.45) is 5.28 Å². The van der Waals surface area contributed by atoms with E-state index in [2.05, 4.69) is 10.1 Å². The Hall–Kier alpha value is -0.800. The molecule has 0 aliphatic rings. The van der Waals surface area contributed by atoms with Crippen LogP contribution in [0.5, 0.6) is 0 Å². The van der Waals surface area contributed by atoms with Gasteiger partial charge in [-0.25, -0.2) is 0 Å². The van der Waals surface area contributed by atoms with Gasteiger partial charge in [0.1, 0.15) is 7.11 Å². The molecule has 0 aromatic rings. The van der Waals surface area contributed by atoms with E-state index in [4.69, 9.17) is 0 Å². The van der Waals surface area contributed by atoms with Gasteiger partial charge in [-0.1, -0.05) is 4.86 Å². The molecule has 0 N–H and O–H groups in total. The predicted octanol–water partition coefficient (Wildman–Crippen LogP) is 0.140. The van der Waals surface area contributed by atoms with Crippen molar-refractivity contribution in [1.29, 1.82) is 0 Å². The Morgan fingerprint density at radius 1 is 1.83 bits per heavy atom. The Bertz CT molecular complexity index is 56.6. The Labute approximate surface area is 35.6 Å². The lowest BCUT2D eigenvalue weighted by Gasteiger charge is -1.84. The topological polar surface area (TPSA) is 47.7 Å². The molecule has 4 heteroatoms. The van der Waals surface area contributed by atoms with Gasteiger partial charge in [-0.3, -0.25) is 0 Å². The van der Waals surface area contributed by atoms with Crippen LogP contribution in [0, 0.1) is 5.21 Å². The lowest BCUT2D eigenvalue weighted by atomic mass is 11.5. The second-order valence-corrected chi connectivity index (χ2v) is 0.728. The highest BCUT2D eigenvalue weighted by Crippen LogP contribution is 1.65. The molecule has 0 saturated heterocycles. The van der Waals surface area contributed by atoms with E-state index in [-0.39, 0.29) is 0 Å². The fraction of sp³-hybridized carbons (Fsp3) is 1.00. The van der Waals surface area contributed by atoms with Gasteiger partial charge in [-0.2, -0.15) is 0 Å². The quantitative estimate of drug-likeness (QED) is 0.261. The van der Waals surface area contributed by atoms with E-state index in [1.165, 1.54) is 14.2 Å². The molecule has 36 valence electrons. The summed E-state index contributed by atoms with van der Waals surface area (Å²) in [5, 5.41) is 12.6. The standard InChI is InChI=1S/C2H6N2O2/c1-4(5)3-6-2/h1-2H3/b4-3-. The zero-order valence-electron chi connectivity index (χ0n) is 3.71. The highest BCUT2D eigenvalue weighted by atomic mass is 16.7. The average molecular weight is 90.1 g/mol. The van der Waals surface area contributed by atoms with Crippen LogP contribution in [0.25, 0.3) is 0 Å². The summed E-state index contributed by atoms with van der Waals surface area (Å²) in [4.78, 5) is 4.38. The minimum absolute atomic E-state index is 0.333. The minimum Gasteiger partial charge on any atom is -0.598 e. The van der Waals surface area contributed by atoms with Gasteiger partial charge < -0.3 is 10.0 Å². The van der Waals surface area contributed by atoms with E-state index in [1.54, 1.807) is 0 Å². The molecule has 0 unspecified atom stereocenters. The van der Waals surface area contributed by atoms with Crippen molar-refractivity contribution in [3.8, 4) is 0 Å². The zero-order chi connectivity index (χ0) is 4.99. The Morgan fingerprint density at radius 2 is 2.33 bits per heavy atom. The number of hydrogen-bond donors (Lipinski definition) is 0. The normalized spacial score (nSPS) is 11.3. The third-order valence-electron chi connectivity index (χ3n) is 0.197. The predicted molar refractivity (Wildman–Crippen MR) is 19.0 cm³/mol. The van der Waals surface area contributed by atoms with E-state index in [0.717, 1.165) is 0 Å². The molecule has 0 rings (SSSR count). The van der Waals surface area contributed by atoms with Crippen LogP contribution in [-0.2, 0) is 4.84 Å². The molecule has 0 aliphatic carbocycles. The summed E-state index contributed by atoms with van der Waals surface area (Å²) in [5.41, 5.74) is 0. The van der Waals surface area contributed by atoms with Gasteiger partial charge in [-0.15, -0.1) is 0 Å². The van der Waals surface area contributed by atoms with Crippen LogP contribution >= 0.6 is 0 Å². The van der Waals surface area contributed by atoms with Crippen molar-refractivity contribution in [2.75, 3.05) is 14.2 Å². The van der Waals surface area contributed by atoms with E-state index in [1.807, 2.05) is 0 Å². The molecule has 0 radical (unpaired) electrons. The van der Waals surface area contributed by atoms with E-state index >= 15 is 0 Å². The summed E-state index contributed by atoms with van der Waals surface area (Å²) in [7, 11) is 2.55. The molecule has 0 aromatic carbocycles. The first kappa shape index (κ1) is 5.20. The van der Waals surface area contributed by atoms with Gasteiger partial charge in [0.05, 0.1) is 0 Å². The Morgan fingerprint density at radius 3 is 2.33 bits per heavy atom. The van der Waals surface area contributed by atoms with Crippen LogP contribution in [0.4, 0.5) is 0 Å². The van der Waals surface area contributed by atoms with Crippen molar-refractivity contribution in [1.82, 2.24) is 0 Å². The average Bonchev–Trinajstić information content (AvgIpc) is 1.35. The highest BCUT2D eigenvalue weighted by Gasteiger charge is 1.69. The highest BCUT2D eigenvalue weighted by molar-refractivity contribution is 3.85. The van der Waals surface area contributed by atoms with E-state index < -0.39 is 0 Å². The van der Waals surface area contributed by atoms with Crippen molar-refractivity contribution in [3.05, 3.63) is 5.21 Å². The van der Waals surface area contributed by atoms with Crippen molar-refractivity contribution >= 4 is 0 Å². The second-order valence-electron chi connectivity index (χ2n) is 0.728. The Kier molecular flexibility index (Phi) is 2.11. The van der Waals surface area contributed by atoms with Gasteiger partial charge in [0.2, 0.25) is 0 Å². The smallest absolute Gasteiger partial charge is 0.199 e. The maximum absolute atomic E-state index is 9.67. The molecule has 4 nitrogen and oxygen atoms in total. The second kappa shape index (κ2) is 2.44. The molecular weight excluding hydrogens is 84.0 g/mol. The SMILES string of the molecule is CO/N=[N+](/C)[O-]. The molecule has 0 aliphatic heterocycles. The first-order valence-electron chi connectivity index (χ1n) is 1.42. The summed E-state index contributed by atoms with van der Waals surface area (Å²) in [6, 6.07) is 0. The van der Waals surface area contributed by atoms with Crippen LogP contribution < -0.4 is 0 Å². The summed E-state index contributed by atoms with van der Waals surface area (Å²) in [6.45, 7) is 0. The molecule has 0 fully saturated rings. The summed E-state index contributed by atoms with van der Waals surface area (Å²) >= 11 is 0. The lowest BCUT2D eigenvalue weighted by Crippen LogP contribution is -1.87. The molecule has 0 heterocycles. The lowest BCUT2D eigenvalue weighted by molar-refractivity contribution is -0.528. The van der Waals surface area contributed by atoms with Gasteiger partial charge in [-0.05, 0) is 0 Å². The van der Waals surface area contributed by atoms with Gasteiger partial charge in [0.15, 0.2) is 12.3 Å². The number of nitrogens with zero attached hydrogens (tertiary/aromatic N) is 2. The minimum atomic E-state index is 0.333. The molecule has 0 atom stereocenters. The fourth-order valence-corrected chi connectivity index (χ4v) is 0.115. The first-order valence-corrected chi connectivity index (χ1v) is 1.42. The fourth-order valence-electron chi connectivity index (χ4n) is 0.115. The monoisotopic (exact) mass is 90.0 g/mol. The molecule has 6 heavy (non-hydrogen) atoms. The molecule has 0 amide bonds. The van der Waals surface area contributed by atoms with Gasteiger partial charge >= 0.3 is 0 Å². The van der Waals surface area contributed by atoms with Crippen LogP contribution in [0.1, 0.15) is 0 Å². The Balaban J connectivity index is 3.14. The first-order chi connectivity index (χ1) is 2.77. The molecule has 0 spiro atoms. The zero-order valence-corrected chi connectivity index (χ0v) is 3.71. The van der Waals surface area contributed by atoms with Crippen molar-refractivity contribution in [3.63, 3.8) is 0 Å². The third kappa shape index (κ3) is 3.20. The summed E-state index contributed by atoms with van der Waals surface area (Å²) in [5.74, 6) is 0. The molecule has 0 bridgehead atoms. The van der Waals surface area contributed by atoms with Crippen LogP contribution in [0.15, 0.2) is 5.28 Å². The van der Waals surface area contributed by atoms with Crippen molar-refractivity contribution in [2.45, 2.75) is 0 Å². The van der Waals surface area contributed by atoms with Crippen LogP contribution in [0.3, 0.4) is 0 Å². The summed E-state index contributed by atoms with van der Waals surface area (Å²) in [6.07, 6.45) is 0. The van der Waals surface area contributed by atoms with E-state index in [0.29, 0.717) is 4.86 Å². The molecular formula is C2H6N2O2. The number of hydroxylamine groups is 1. The molecule has 0 saturated carbocycles. The maximum Gasteiger partial charge on any atom is 0.199 e. The molecule has 0 aromatic heterocycles. The number of hydrogen-bond acceptors (Lipinski definition) is 3. The van der Waals surface area contributed by atoms with Gasteiger partial charge in [0.25, 0.3) is 0 Å². The van der Waals surface area contributed by atoms with Crippen molar-refractivity contribution < 1.29 is 9.70 Å². The van der Waals surface area contributed by atoms with Crippen LogP contribution in [0.2, 0.25) is 0 Å². The third-order valence-corrected chi connectivity index (χ3v) is 0.197. The number of rotatable bonds is 1.